The smallest absolute Gasteiger partial charge is 0.339 e. The summed E-state index contributed by atoms with van der Waals surface area (Å²) in [5, 5.41) is 5.16. The Morgan fingerprint density at radius 2 is 1.43 bits per heavy atom. The van der Waals surface area contributed by atoms with E-state index in [1.54, 1.807) is 13.8 Å². The maximum absolute atomic E-state index is 12.8. The van der Waals surface area contributed by atoms with Crippen LogP contribution in [0.4, 0.5) is 4.79 Å². The number of hydrogen-bond donors (Lipinski definition) is 2. The molecule has 2 rings (SSSR count). The summed E-state index contributed by atoms with van der Waals surface area (Å²) in [5.41, 5.74) is 5.99. The number of ether oxygens (including phenoxy) is 2. The summed E-state index contributed by atoms with van der Waals surface area (Å²) in [6.07, 6.45) is 0. The van der Waals surface area contributed by atoms with Crippen molar-refractivity contribution in [2.45, 2.75) is 54.5 Å². The molecular weight excluding hydrogens is 360 g/mol. The minimum absolute atomic E-state index is 0.205. The van der Waals surface area contributed by atoms with Crippen LogP contribution in [-0.4, -0.2) is 37.2 Å². The Balaban J connectivity index is 2.33. The molecular formula is C21H28N2O5. The van der Waals surface area contributed by atoms with Gasteiger partial charge in [0.15, 0.2) is 0 Å². The van der Waals surface area contributed by atoms with Crippen LogP contribution in [0.2, 0.25) is 0 Å². The zero-order chi connectivity index (χ0) is 21.2. The monoisotopic (exact) mass is 388 g/mol. The fourth-order valence-electron chi connectivity index (χ4n) is 3.41. The molecule has 1 aliphatic heterocycles. The number of rotatable bonds is 5. The highest BCUT2D eigenvalue weighted by atomic mass is 16.5. The van der Waals surface area contributed by atoms with E-state index in [1.165, 1.54) is 0 Å². The molecule has 28 heavy (non-hydrogen) atoms. The molecule has 0 spiro atoms. The van der Waals surface area contributed by atoms with E-state index in [2.05, 4.69) is 10.6 Å². The van der Waals surface area contributed by atoms with Gasteiger partial charge in [-0.2, -0.15) is 0 Å². The van der Waals surface area contributed by atoms with E-state index >= 15 is 0 Å². The number of hydrogen-bond acceptors (Lipinski definition) is 5. The van der Waals surface area contributed by atoms with Gasteiger partial charge < -0.3 is 20.1 Å². The average molecular weight is 388 g/mol. The average Bonchev–Trinajstić information content (AvgIpc) is 2.62. The maximum Gasteiger partial charge on any atom is 0.339 e. The molecule has 0 saturated heterocycles. The van der Waals surface area contributed by atoms with E-state index in [0.717, 1.165) is 27.8 Å². The van der Waals surface area contributed by atoms with Crippen LogP contribution in [0, 0.1) is 34.6 Å². The molecule has 0 radical (unpaired) electrons. The Labute approximate surface area is 165 Å². The molecule has 7 heteroatoms. The Kier molecular flexibility index (Phi) is 6.48. The summed E-state index contributed by atoms with van der Waals surface area (Å²) in [7, 11) is 0. The number of carbonyl (C=O) groups excluding carboxylic acids is 3. The minimum atomic E-state index is -0.553. The zero-order valence-corrected chi connectivity index (χ0v) is 17.5. The number of benzene rings is 1. The first-order chi connectivity index (χ1) is 13.1. The number of nitrogens with one attached hydrogen (secondary N) is 2. The zero-order valence-electron chi connectivity index (χ0n) is 17.5. The molecule has 2 N–H and O–H groups in total. The topological polar surface area (TPSA) is 93.7 Å². The van der Waals surface area contributed by atoms with Crippen molar-refractivity contribution in [2.75, 3.05) is 13.2 Å². The second-order valence-electron chi connectivity index (χ2n) is 7.01. The summed E-state index contributed by atoms with van der Waals surface area (Å²) in [4.78, 5) is 36.9. The minimum Gasteiger partial charge on any atom is -0.463 e. The number of carbonyl (C=O) groups is 3. The van der Waals surface area contributed by atoms with Gasteiger partial charge in [-0.15, -0.1) is 0 Å². The lowest BCUT2D eigenvalue weighted by molar-refractivity contribution is -0.139. The van der Waals surface area contributed by atoms with Gasteiger partial charge in [-0.1, -0.05) is 0 Å². The predicted molar refractivity (Wildman–Crippen MR) is 105 cm³/mol. The molecule has 1 aromatic carbocycles. The molecule has 7 nitrogen and oxygen atoms in total. The van der Waals surface area contributed by atoms with Crippen LogP contribution in [0.3, 0.4) is 0 Å². The summed E-state index contributed by atoms with van der Waals surface area (Å²) < 4.78 is 10.6. The lowest BCUT2D eigenvalue weighted by Gasteiger charge is -2.26. The van der Waals surface area contributed by atoms with E-state index in [9.17, 15) is 14.4 Å². The second-order valence-corrected chi connectivity index (χ2v) is 7.01. The van der Waals surface area contributed by atoms with Crippen molar-refractivity contribution in [3.05, 3.63) is 44.7 Å². The van der Waals surface area contributed by atoms with Gasteiger partial charge in [0.2, 0.25) is 0 Å². The third-order valence-electron chi connectivity index (χ3n) is 5.42. The van der Waals surface area contributed by atoms with Gasteiger partial charge >= 0.3 is 18.0 Å². The van der Waals surface area contributed by atoms with Gasteiger partial charge in [-0.25, -0.2) is 14.4 Å². The van der Waals surface area contributed by atoms with Gasteiger partial charge in [0.25, 0.3) is 0 Å². The van der Waals surface area contributed by atoms with Crippen molar-refractivity contribution in [3.63, 3.8) is 0 Å². The molecule has 1 aromatic rings. The van der Waals surface area contributed by atoms with Crippen LogP contribution >= 0.6 is 0 Å². The second kappa shape index (κ2) is 8.46. The number of esters is 2. The Morgan fingerprint density at radius 3 is 1.96 bits per heavy atom. The van der Waals surface area contributed by atoms with Crippen molar-refractivity contribution in [3.8, 4) is 0 Å². The molecule has 0 fully saturated rings. The van der Waals surface area contributed by atoms with E-state index in [-0.39, 0.29) is 24.5 Å². The van der Waals surface area contributed by atoms with E-state index < -0.39 is 24.0 Å². The molecule has 1 heterocycles. The maximum atomic E-state index is 12.8. The molecule has 0 unspecified atom stereocenters. The summed E-state index contributed by atoms with van der Waals surface area (Å²) in [5.74, 6) is -1.04. The summed E-state index contributed by atoms with van der Waals surface area (Å²) in [6.45, 7) is 13.1. The normalized spacial score (nSPS) is 16.4. The molecule has 1 atom stereocenters. The molecule has 0 aliphatic carbocycles. The highest BCUT2D eigenvalue weighted by molar-refractivity contribution is 5.96. The van der Waals surface area contributed by atoms with Gasteiger partial charge in [0.1, 0.15) is 6.61 Å². The quantitative estimate of drug-likeness (QED) is 0.757. The van der Waals surface area contributed by atoms with Crippen molar-refractivity contribution in [1.29, 1.82) is 0 Å². The van der Waals surface area contributed by atoms with Crippen LogP contribution in [0.1, 0.15) is 52.0 Å². The van der Waals surface area contributed by atoms with Gasteiger partial charge in [-0.05, 0) is 76.3 Å². The highest BCUT2D eigenvalue weighted by Crippen LogP contribution is 2.27. The highest BCUT2D eigenvalue weighted by Gasteiger charge is 2.30. The first-order valence-corrected chi connectivity index (χ1v) is 9.31. The van der Waals surface area contributed by atoms with Crippen molar-refractivity contribution in [2.24, 2.45) is 0 Å². The molecule has 152 valence electrons. The third-order valence-corrected chi connectivity index (χ3v) is 5.42. The van der Waals surface area contributed by atoms with Crippen molar-refractivity contribution in [1.82, 2.24) is 10.6 Å². The van der Waals surface area contributed by atoms with Crippen LogP contribution in [0.15, 0.2) is 11.3 Å². The SMILES string of the molecule is CCOC(=O)C1=C(COC(=O)c2c(C)c(C)c(C)c(C)c2C)NC(=O)N[C@H]1C. The fourth-order valence-corrected chi connectivity index (χ4v) is 3.41. The Bertz CT molecular complexity index is 841. The van der Waals surface area contributed by atoms with Crippen LogP contribution in [0.5, 0.6) is 0 Å². The first kappa shape index (κ1) is 21.5. The van der Waals surface area contributed by atoms with Crippen molar-refractivity contribution < 1.29 is 23.9 Å². The van der Waals surface area contributed by atoms with Crippen LogP contribution in [0.25, 0.3) is 0 Å². The lowest BCUT2D eigenvalue weighted by Crippen LogP contribution is -2.50. The van der Waals surface area contributed by atoms with Gasteiger partial charge in [-0.3, -0.25) is 0 Å². The third kappa shape index (κ3) is 4.03. The summed E-state index contributed by atoms with van der Waals surface area (Å²) in [6, 6.07) is -1.00. The van der Waals surface area contributed by atoms with E-state index in [4.69, 9.17) is 9.47 Å². The van der Waals surface area contributed by atoms with Crippen molar-refractivity contribution >= 4 is 18.0 Å². The summed E-state index contributed by atoms with van der Waals surface area (Å²) >= 11 is 0. The lowest BCUT2D eigenvalue weighted by atomic mass is 9.90. The molecule has 0 bridgehead atoms. The van der Waals surface area contributed by atoms with Gasteiger partial charge in [0, 0.05) is 0 Å². The molecule has 2 amide bonds. The van der Waals surface area contributed by atoms with Crippen LogP contribution in [-0.2, 0) is 14.3 Å². The molecule has 1 aliphatic rings. The van der Waals surface area contributed by atoms with E-state index in [1.807, 2.05) is 34.6 Å². The van der Waals surface area contributed by atoms with Gasteiger partial charge in [0.05, 0.1) is 29.5 Å². The predicted octanol–water partition coefficient (Wildman–Crippen LogP) is 2.90. The number of amides is 2. The molecule has 0 saturated carbocycles. The Hall–Kier alpha value is -2.83. The largest absolute Gasteiger partial charge is 0.463 e. The first-order valence-electron chi connectivity index (χ1n) is 9.31. The number of urea groups is 1. The fraction of sp³-hybridized carbons (Fsp3) is 0.476. The standard InChI is InChI=1S/C21H28N2O5/c1-8-27-20(25)18-15(7)22-21(26)23-16(18)9-28-19(24)17-13(5)11(3)10(2)12(4)14(17)6/h15H,8-9H2,1-7H3,(H2,22,23,26)/t15-/m0/s1. The molecule has 0 aromatic heterocycles. The van der Waals surface area contributed by atoms with E-state index in [0.29, 0.717) is 5.56 Å². The van der Waals surface area contributed by atoms with Crippen LogP contribution < -0.4 is 10.6 Å². The Morgan fingerprint density at radius 1 is 0.893 bits per heavy atom.